The van der Waals surface area contributed by atoms with Crippen molar-refractivity contribution in [3.05, 3.63) is 57.8 Å². The van der Waals surface area contributed by atoms with Gasteiger partial charge in [0.05, 0.1) is 12.2 Å². The van der Waals surface area contributed by atoms with Gasteiger partial charge in [-0.05, 0) is 52.7 Å². The van der Waals surface area contributed by atoms with E-state index in [-0.39, 0.29) is 6.54 Å². The van der Waals surface area contributed by atoms with Gasteiger partial charge in [-0.15, -0.1) is 0 Å². The molecule has 0 heterocycles. The topological polar surface area (TPSA) is 41.1 Å². The van der Waals surface area contributed by atoms with Gasteiger partial charge in [-0.2, -0.15) is 0 Å². The van der Waals surface area contributed by atoms with Crippen LogP contribution in [0.4, 0.5) is 24.5 Å². The zero-order chi connectivity index (χ0) is 16.3. The summed E-state index contributed by atoms with van der Waals surface area (Å²) in [7, 11) is 0. The zero-order valence-corrected chi connectivity index (χ0v) is 13.1. The third-order valence-corrected chi connectivity index (χ3v) is 3.53. The van der Waals surface area contributed by atoms with E-state index in [0.29, 0.717) is 5.69 Å². The largest absolute Gasteiger partial charge is 0.375 e. The number of hydrogen-bond acceptors (Lipinski definition) is 2. The zero-order valence-electron chi connectivity index (χ0n) is 11.5. The highest BCUT2D eigenvalue weighted by atomic mass is 79.9. The molecule has 0 fully saturated rings. The van der Waals surface area contributed by atoms with Crippen molar-refractivity contribution in [3.8, 4) is 0 Å². The van der Waals surface area contributed by atoms with E-state index < -0.39 is 29.0 Å². The first-order valence-corrected chi connectivity index (χ1v) is 7.11. The molecule has 0 aromatic heterocycles. The molecule has 0 aliphatic carbocycles. The fourth-order valence-corrected chi connectivity index (χ4v) is 2.39. The van der Waals surface area contributed by atoms with E-state index in [1.54, 1.807) is 6.07 Å². The Labute approximate surface area is 133 Å². The van der Waals surface area contributed by atoms with Gasteiger partial charge < -0.3 is 10.6 Å². The Morgan fingerprint density at radius 2 is 1.77 bits per heavy atom. The predicted molar refractivity (Wildman–Crippen MR) is 82.3 cm³/mol. The lowest BCUT2D eigenvalue weighted by Gasteiger charge is -2.10. The van der Waals surface area contributed by atoms with Crippen molar-refractivity contribution in [2.75, 3.05) is 17.2 Å². The summed E-state index contributed by atoms with van der Waals surface area (Å²) in [5.74, 6) is -4.94. The van der Waals surface area contributed by atoms with Gasteiger partial charge in [0, 0.05) is 10.2 Å². The number of aryl methyl sites for hydroxylation is 1. The molecule has 3 nitrogen and oxygen atoms in total. The Morgan fingerprint density at radius 3 is 2.45 bits per heavy atom. The van der Waals surface area contributed by atoms with E-state index in [4.69, 9.17) is 0 Å². The summed E-state index contributed by atoms with van der Waals surface area (Å²) in [6, 6.07) is 7.23. The third kappa shape index (κ3) is 3.79. The molecule has 0 saturated heterocycles. The molecule has 1 amide bonds. The molecule has 2 rings (SSSR count). The molecule has 0 unspecified atom stereocenters. The van der Waals surface area contributed by atoms with Crippen LogP contribution in [0.15, 0.2) is 34.8 Å². The normalized spacial score (nSPS) is 10.4. The number of anilines is 2. The summed E-state index contributed by atoms with van der Waals surface area (Å²) in [5, 5.41) is 5.04. The summed E-state index contributed by atoms with van der Waals surface area (Å²) in [6.45, 7) is 1.77. The molecular weight excluding hydrogens is 361 g/mol. The minimum atomic E-state index is -1.62. The Hall–Kier alpha value is -2.02. The molecule has 0 radical (unpaired) electrons. The molecule has 0 bridgehead atoms. The van der Waals surface area contributed by atoms with Crippen molar-refractivity contribution in [1.82, 2.24) is 0 Å². The van der Waals surface area contributed by atoms with Crippen LogP contribution < -0.4 is 10.6 Å². The summed E-state index contributed by atoms with van der Waals surface area (Å²) in [6.07, 6.45) is 0. The second-order valence-corrected chi connectivity index (χ2v) is 5.46. The van der Waals surface area contributed by atoms with Crippen LogP contribution in [0.25, 0.3) is 0 Å². The first kappa shape index (κ1) is 16.4. The first-order valence-electron chi connectivity index (χ1n) is 6.32. The summed E-state index contributed by atoms with van der Waals surface area (Å²) < 4.78 is 40.1. The van der Waals surface area contributed by atoms with Gasteiger partial charge in [0.2, 0.25) is 5.91 Å². The lowest BCUT2D eigenvalue weighted by Crippen LogP contribution is -2.22. The average Bonchev–Trinajstić information content (AvgIpc) is 2.47. The lowest BCUT2D eigenvalue weighted by molar-refractivity contribution is -0.114. The molecule has 7 heteroatoms. The van der Waals surface area contributed by atoms with Crippen LogP contribution >= 0.6 is 15.9 Å². The maximum Gasteiger partial charge on any atom is 0.243 e. The number of nitrogens with one attached hydrogen (secondary N) is 2. The van der Waals surface area contributed by atoms with Gasteiger partial charge in [-0.1, -0.05) is 6.07 Å². The van der Waals surface area contributed by atoms with Gasteiger partial charge in [-0.3, -0.25) is 4.79 Å². The molecule has 0 saturated carbocycles. The van der Waals surface area contributed by atoms with Crippen molar-refractivity contribution >= 4 is 33.2 Å². The summed E-state index contributed by atoms with van der Waals surface area (Å²) in [4.78, 5) is 11.7. The maximum absolute atomic E-state index is 13.4. The van der Waals surface area contributed by atoms with Crippen LogP contribution in [0.3, 0.4) is 0 Å². The number of amides is 1. The molecular formula is C15H12BrF3N2O. The van der Waals surface area contributed by atoms with Gasteiger partial charge in [0.15, 0.2) is 17.5 Å². The van der Waals surface area contributed by atoms with Crippen molar-refractivity contribution < 1.29 is 18.0 Å². The predicted octanol–water partition coefficient (Wildman–Crippen LogP) is 4.23. The Kier molecular flexibility index (Phi) is 5.07. The van der Waals surface area contributed by atoms with Crippen LogP contribution in [0.5, 0.6) is 0 Å². The minimum Gasteiger partial charge on any atom is -0.375 e. The van der Waals surface area contributed by atoms with E-state index in [1.165, 1.54) is 0 Å². The highest BCUT2D eigenvalue weighted by Crippen LogP contribution is 2.23. The van der Waals surface area contributed by atoms with E-state index in [9.17, 15) is 18.0 Å². The SMILES string of the molecule is Cc1ccc(NCC(=O)Nc2ccc(F)c(F)c2F)c(Br)c1. The fourth-order valence-electron chi connectivity index (χ4n) is 1.76. The monoisotopic (exact) mass is 372 g/mol. The average molecular weight is 373 g/mol. The molecule has 2 aromatic rings. The molecule has 2 aromatic carbocycles. The minimum absolute atomic E-state index is 0.153. The Bertz CT molecular complexity index is 722. The van der Waals surface area contributed by atoms with Crippen molar-refractivity contribution in [1.29, 1.82) is 0 Å². The molecule has 116 valence electrons. The molecule has 2 N–H and O–H groups in total. The molecule has 0 spiro atoms. The second-order valence-electron chi connectivity index (χ2n) is 4.61. The second kappa shape index (κ2) is 6.83. The van der Waals surface area contributed by atoms with Gasteiger partial charge in [0.1, 0.15) is 0 Å². The highest BCUT2D eigenvalue weighted by Gasteiger charge is 2.15. The molecule has 22 heavy (non-hydrogen) atoms. The Balaban J connectivity index is 2.00. The van der Waals surface area contributed by atoms with Crippen LogP contribution in [0.2, 0.25) is 0 Å². The number of hydrogen-bond donors (Lipinski definition) is 2. The first-order chi connectivity index (χ1) is 10.4. The quantitative estimate of drug-likeness (QED) is 0.788. The fraction of sp³-hybridized carbons (Fsp3) is 0.133. The van der Waals surface area contributed by atoms with E-state index >= 15 is 0 Å². The van der Waals surface area contributed by atoms with E-state index in [0.717, 1.165) is 22.2 Å². The highest BCUT2D eigenvalue weighted by molar-refractivity contribution is 9.10. The summed E-state index contributed by atoms with van der Waals surface area (Å²) in [5.41, 5.74) is 1.32. The number of carbonyl (C=O) groups excluding carboxylic acids is 1. The van der Waals surface area contributed by atoms with Crippen LogP contribution in [0, 0.1) is 24.4 Å². The Morgan fingerprint density at radius 1 is 1.09 bits per heavy atom. The molecule has 0 aliphatic rings. The van der Waals surface area contributed by atoms with Crippen LogP contribution in [0.1, 0.15) is 5.56 Å². The number of carbonyl (C=O) groups is 1. The lowest BCUT2D eigenvalue weighted by atomic mass is 10.2. The molecule has 0 aliphatic heterocycles. The standard InChI is InChI=1S/C15H12BrF3N2O/c1-8-2-4-11(9(16)6-8)20-7-13(22)21-12-5-3-10(17)14(18)15(12)19/h2-6,20H,7H2,1H3,(H,21,22). The molecule has 0 atom stereocenters. The number of halogens is 4. The van der Waals surface area contributed by atoms with E-state index in [2.05, 4.69) is 26.6 Å². The van der Waals surface area contributed by atoms with Crippen LogP contribution in [-0.4, -0.2) is 12.5 Å². The van der Waals surface area contributed by atoms with Gasteiger partial charge in [-0.25, -0.2) is 13.2 Å². The summed E-state index contributed by atoms with van der Waals surface area (Å²) >= 11 is 3.35. The maximum atomic E-state index is 13.4. The van der Waals surface area contributed by atoms with Gasteiger partial charge >= 0.3 is 0 Å². The van der Waals surface area contributed by atoms with Gasteiger partial charge in [0.25, 0.3) is 0 Å². The third-order valence-electron chi connectivity index (χ3n) is 2.87. The van der Waals surface area contributed by atoms with Crippen molar-refractivity contribution in [3.63, 3.8) is 0 Å². The number of benzene rings is 2. The van der Waals surface area contributed by atoms with Crippen molar-refractivity contribution in [2.24, 2.45) is 0 Å². The van der Waals surface area contributed by atoms with Crippen molar-refractivity contribution in [2.45, 2.75) is 6.92 Å². The smallest absolute Gasteiger partial charge is 0.243 e. The number of rotatable bonds is 4. The van der Waals surface area contributed by atoms with E-state index in [1.807, 2.05) is 19.1 Å². The van der Waals surface area contributed by atoms with Crippen LogP contribution in [-0.2, 0) is 4.79 Å².